The van der Waals surface area contributed by atoms with Gasteiger partial charge in [-0.15, -0.1) is 0 Å². The summed E-state index contributed by atoms with van der Waals surface area (Å²) < 4.78 is 0. The molecule has 3 N–H and O–H groups in total. The number of aliphatic carboxylic acids is 1. The summed E-state index contributed by atoms with van der Waals surface area (Å²) in [5.74, 6) is -0.948. The average Bonchev–Trinajstić information content (AvgIpc) is 2.40. The zero-order chi connectivity index (χ0) is 13.9. The maximum Gasteiger partial charge on any atom is 0.306 e. The van der Waals surface area contributed by atoms with Gasteiger partial charge in [-0.2, -0.15) is 0 Å². The zero-order valence-electron chi connectivity index (χ0n) is 11.6. The summed E-state index contributed by atoms with van der Waals surface area (Å²) in [7, 11) is 0. The zero-order valence-corrected chi connectivity index (χ0v) is 11.6. The van der Waals surface area contributed by atoms with Crippen molar-refractivity contribution in [1.82, 2.24) is 10.6 Å². The molecule has 1 amide bonds. The molecule has 1 saturated carbocycles. The smallest absolute Gasteiger partial charge is 0.306 e. The highest BCUT2D eigenvalue weighted by molar-refractivity contribution is 5.83. The summed E-state index contributed by atoms with van der Waals surface area (Å²) in [6, 6.07) is 0.0288. The van der Waals surface area contributed by atoms with Gasteiger partial charge in [-0.1, -0.05) is 6.42 Å². The van der Waals surface area contributed by atoms with Crippen LogP contribution in [-0.2, 0) is 9.59 Å². The van der Waals surface area contributed by atoms with Gasteiger partial charge in [0.1, 0.15) is 0 Å². The molecule has 1 saturated heterocycles. The van der Waals surface area contributed by atoms with Crippen LogP contribution in [0.4, 0.5) is 0 Å². The fourth-order valence-corrected chi connectivity index (χ4v) is 3.15. The Kier molecular flexibility index (Phi) is 4.45. The third kappa shape index (κ3) is 3.47. The van der Waals surface area contributed by atoms with Gasteiger partial charge < -0.3 is 15.7 Å². The standard InChI is InChI=1S/C14H24N2O3/c1-14(6-3-7-15-9-14)13(19)16-11-5-2-4-10(8-11)12(17)18/h10-11,15H,2-9H2,1H3,(H,16,19)(H,17,18). The highest BCUT2D eigenvalue weighted by Crippen LogP contribution is 2.28. The number of amides is 1. The van der Waals surface area contributed by atoms with Crippen molar-refractivity contribution in [1.29, 1.82) is 0 Å². The predicted molar refractivity (Wildman–Crippen MR) is 71.7 cm³/mol. The minimum Gasteiger partial charge on any atom is -0.481 e. The Morgan fingerprint density at radius 1 is 1.32 bits per heavy atom. The van der Waals surface area contributed by atoms with Crippen LogP contribution in [0.5, 0.6) is 0 Å². The molecule has 3 unspecified atom stereocenters. The van der Waals surface area contributed by atoms with E-state index >= 15 is 0 Å². The molecule has 0 bridgehead atoms. The Balaban J connectivity index is 1.89. The van der Waals surface area contributed by atoms with Crippen molar-refractivity contribution in [2.24, 2.45) is 11.3 Å². The Morgan fingerprint density at radius 2 is 2.11 bits per heavy atom. The summed E-state index contributed by atoms with van der Waals surface area (Å²) in [4.78, 5) is 23.4. The lowest BCUT2D eigenvalue weighted by molar-refractivity contribution is -0.144. The van der Waals surface area contributed by atoms with Gasteiger partial charge in [0.25, 0.3) is 0 Å². The van der Waals surface area contributed by atoms with Gasteiger partial charge in [0.2, 0.25) is 5.91 Å². The lowest BCUT2D eigenvalue weighted by atomic mass is 9.80. The van der Waals surface area contributed by atoms with Crippen LogP contribution >= 0.6 is 0 Å². The van der Waals surface area contributed by atoms with Crippen LogP contribution < -0.4 is 10.6 Å². The van der Waals surface area contributed by atoms with Gasteiger partial charge in [-0.3, -0.25) is 9.59 Å². The monoisotopic (exact) mass is 268 g/mol. The predicted octanol–water partition coefficient (Wildman–Crippen LogP) is 1.14. The quantitative estimate of drug-likeness (QED) is 0.717. The van der Waals surface area contributed by atoms with Crippen LogP contribution in [0.25, 0.3) is 0 Å². The summed E-state index contributed by atoms with van der Waals surface area (Å²) >= 11 is 0. The molecule has 0 spiro atoms. The normalized spacial score (nSPS) is 35.6. The number of carbonyl (C=O) groups is 2. The van der Waals surface area contributed by atoms with E-state index in [1.54, 1.807) is 0 Å². The highest BCUT2D eigenvalue weighted by atomic mass is 16.4. The maximum atomic E-state index is 12.4. The SMILES string of the molecule is CC1(C(=O)NC2CCCC(C(=O)O)C2)CCCNC1. The molecule has 2 fully saturated rings. The first-order valence-electron chi connectivity index (χ1n) is 7.26. The lowest BCUT2D eigenvalue weighted by Crippen LogP contribution is -2.52. The van der Waals surface area contributed by atoms with Crippen LogP contribution in [-0.4, -0.2) is 36.1 Å². The number of piperidine rings is 1. The molecule has 0 aromatic carbocycles. The summed E-state index contributed by atoms with van der Waals surface area (Å²) in [5.41, 5.74) is -0.339. The molecule has 108 valence electrons. The van der Waals surface area contributed by atoms with Crippen LogP contribution in [0.3, 0.4) is 0 Å². The number of carboxylic acid groups (broad SMARTS) is 1. The van der Waals surface area contributed by atoms with Crippen LogP contribution in [0, 0.1) is 11.3 Å². The second kappa shape index (κ2) is 5.90. The van der Waals surface area contributed by atoms with Crippen molar-refractivity contribution < 1.29 is 14.7 Å². The fraction of sp³-hybridized carbons (Fsp3) is 0.857. The highest BCUT2D eigenvalue weighted by Gasteiger charge is 2.37. The molecular weight excluding hydrogens is 244 g/mol. The molecule has 3 atom stereocenters. The number of hydrogen-bond acceptors (Lipinski definition) is 3. The Bertz CT molecular complexity index is 351. The van der Waals surface area contributed by atoms with E-state index in [2.05, 4.69) is 10.6 Å². The second-order valence-corrected chi connectivity index (χ2v) is 6.21. The van der Waals surface area contributed by atoms with Gasteiger partial charge in [0.15, 0.2) is 0 Å². The van der Waals surface area contributed by atoms with Gasteiger partial charge in [-0.05, 0) is 45.6 Å². The van der Waals surface area contributed by atoms with E-state index in [0.717, 1.165) is 38.6 Å². The fourth-order valence-electron chi connectivity index (χ4n) is 3.15. The molecular formula is C14H24N2O3. The van der Waals surface area contributed by atoms with E-state index in [0.29, 0.717) is 13.0 Å². The molecule has 1 heterocycles. The second-order valence-electron chi connectivity index (χ2n) is 6.21. The van der Waals surface area contributed by atoms with Crippen molar-refractivity contribution in [3.05, 3.63) is 0 Å². The molecule has 5 heteroatoms. The largest absolute Gasteiger partial charge is 0.481 e. The number of nitrogens with one attached hydrogen (secondary N) is 2. The van der Waals surface area contributed by atoms with Gasteiger partial charge in [0, 0.05) is 12.6 Å². The molecule has 0 aromatic heterocycles. The van der Waals surface area contributed by atoms with Gasteiger partial charge in [-0.25, -0.2) is 0 Å². The van der Waals surface area contributed by atoms with E-state index in [9.17, 15) is 9.59 Å². The Hall–Kier alpha value is -1.10. The topological polar surface area (TPSA) is 78.4 Å². The van der Waals surface area contributed by atoms with E-state index < -0.39 is 5.97 Å². The van der Waals surface area contributed by atoms with Crippen molar-refractivity contribution in [2.45, 2.75) is 51.5 Å². The number of hydrogen-bond donors (Lipinski definition) is 3. The van der Waals surface area contributed by atoms with Crippen molar-refractivity contribution >= 4 is 11.9 Å². The molecule has 0 radical (unpaired) electrons. The van der Waals surface area contributed by atoms with E-state index in [4.69, 9.17) is 5.11 Å². The summed E-state index contributed by atoms with van der Waals surface area (Å²) in [5, 5.41) is 15.4. The molecule has 1 aliphatic heterocycles. The molecule has 19 heavy (non-hydrogen) atoms. The molecule has 0 aromatic rings. The summed E-state index contributed by atoms with van der Waals surface area (Å²) in [6.45, 7) is 3.69. The lowest BCUT2D eigenvalue weighted by Gasteiger charge is -2.35. The van der Waals surface area contributed by atoms with Crippen molar-refractivity contribution in [2.75, 3.05) is 13.1 Å². The van der Waals surface area contributed by atoms with E-state index in [-0.39, 0.29) is 23.3 Å². The molecule has 2 aliphatic rings. The van der Waals surface area contributed by atoms with Crippen LogP contribution in [0.1, 0.15) is 45.4 Å². The maximum absolute atomic E-state index is 12.4. The third-order valence-electron chi connectivity index (χ3n) is 4.50. The van der Waals surface area contributed by atoms with Gasteiger partial charge >= 0.3 is 5.97 Å². The minimum atomic E-state index is -0.732. The van der Waals surface area contributed by atoms with Crippen molar-refractivity contribution in [3.63, 3.8) is 0 Å². The number of carbonyl (C=O) groups excluding carboxylic acids is 1. The minimum absolute atomic E-state index is 0.0288. The molecule has 5 nitrogen and oxygen atoms in total. The Labute approximate surface area is 114 Å². The first-order chi connectivity index (χ1) is 9.01. The van der Waals surface area contributed by atoms with E-state index in [1.165, 1.54) is 0 Å². The summed E-state index contributed by atoms with van der Waals surface area (Å²) in [6.07, 6.45) is 5.02. The molecule has 1 aliphatic carbocycles. The average molecular weight is 268 g/mol. The number of rotatable bonds is 3. The molecule has 2 rings (SSSR count). The van der Waals surface area contributed by atoms with Crippen molar-refractivity contribution in [3.8, 4) is 0 Å². The first kappa shape index (κ1) is 14.3. The number of carboxylic acids is 1. The van der Waals surface area contributed by atoms with Crippen LogP contribution in [0.15, 0.2) is 0 Å². The first-order valence-corrected chi connectivity index (χ1v) is 7.26. The van der Waals surface area contributed by atoms with Crippen LogP contribution in [0.2, 0.25) is 0 Å². The van der Waals surface area contributed by atoms with Gasteiger partial charge in [0.05, 0.1) is 11.3 Å². The third-order valence-corrected chi connectivity index (χ3v) is 4.50. The Morgan fingerprint density at radius 3 is 2.74 bits per heavy atom. The van der Waals surface area contributed by atoms with E-state index in [1.807, 2.05) is 6.92 Å².